The average molecular weight is 495 g/mol. The van der Waals surface area contributed by atoms with E-state index < -0.39 is 5.91 Å². The third-order valence-electron chi connectivity index (χ3n) is 5.36. The zero-order chi connectivity index (χ0) is 23.5. The van der Waals surface area contributed by atoms with Crippen molar-refractivity contribution in [2.75, 3.05) is 5.32 Å². The van der Waals surface area contributed by atoms with Crippen LogP contribution in [0.2, 0.25) is 15.1 Å². The molecule has 0 saturated carbocycles. The number of nitrogens with one attached hydrogen (secondary N) is 1. The van der Waals surface area contributed by atoms with E-state index >= 15 is 0 Å². The zero-order valence-electron chi connectivity index (χ0n) is 17.6. The van der Waals surface area contributed by atoms with Crippen molar-refractivity contribution in [1.82, 2.24) is 4.57 Å². The Morgan fingerprint density at radius 1 is 1.06 bits per heavy atom. The lowest BCUT2D eigenvalue weighted by Crippen LogP contribution is -2.14. The van der Waals surface area contributed by atoms with Crippen LogP contribution < -0.4 is 5.32 Å². The van der Waals surface area contributed by atoms with Crippen molar-refractivity contribution in [3.63, 3.8) is 0 Å². The third-order valence-corrected chi connectivity index (χ3v) is 6.35. The molecule has 0 saturated heterocycles. The Morgan fingerprint density at radius 3 is 2.61 bits per heavy atom. The molecule has 0 atom stereocenters. The van der Waals surface area contributed by atoms with E-state index in [0.29, 0.717) is 27.3 Å². The van der Waals surface area contributed by atoms with Gasteiger partial charge in [-0.15, -0.1) is 0 Å². The van der Waals surface area contributed by atoms with Crippen molar-refractivity contribution in [3.05, 3.63) is 104 Å². The number of hydrogen-bond acceptors (Lipinski definition) is 2. The molecule has 0 aliphatic heterocycles. The molecular weight excluding hydrogens is 477 g/mol. The minimum atomic E-state index is -0.500. The summed E-state index contributed by atoms with van der Waals surface area (Å²) in [4.78, 5) is 12.8. The largest absolute Gasteiger partial charge is 0.342 e. The molecule has 33 heavy (non-hydrogen) atoms. The minimum Gasteiger partial charge on any atom is -0.342 e. The summed E-state index contributed by atoms with van der Waals surface area (Å²) >= 11 is 18.5. The maximum absolute atomic E-state index is 12.8. The van der Waals surface area contributed by atoms with Gasteiger partial charge in [0.05, 0.1) is 0 Å². The molecule has 164 valence electrons. The molecule has 1 heterocycles. The SMILES string of the molecule is Cc1c(Cl)cccc1NC(=O)/C(C#N)=C/c1cn(Cc2ccc(Cl)cc2Cl)c2ccccc12. The molecule has 0 unspecified atom stereocenters. The van der Waals surface area contributed by atoms with E-state index in [1.165, 1.54) is 0 Å². The standard InChI is InChI=1S/C26H18Cl3N3O/c1-16-22(28)6-4-7-24(16)31-26(33)18(13-30)11-19-15-32(25-8-3-2-5-21(19)25)14-17-9-10-20(27)12-23(17)29/h2-12,15H,14H2,1H3,(H,31,33)/b18-11+. The number of nitrogens with zero attached hydrogens (tertiary/aromatic N) is 2. The number of para-hydroxylation sites is 1. The second-order valence-corrected chi connectivity index (χ2v) is 8.75. The normalized spacial score (nSPS) is 11.4. The van der Waals surface area contributed by atoms with Crippen molar-refractivity contribution >= 4 is 63.4 Å². The molecule has 0 radical (unpaired) electrons. The van der Waals surface area contributed by atoms with Crippen LogP contribution in [0.3, 0.4) is 0 Å². The highest BCUT2D eigenvalue weighted by Crippen LogP contribution is 2.28. The van der Waals surface area contributed by atoms with Crippen LogP contribution in [-0.2, 0) is 11.3 Å². The van der Waals surface area contributed by atoms with Gasteiger partial charge in [0.2, 0.25) is 0 Å². The fraction of sp³-hybridized carbons (Fsp3) is 0.0769. The van der Waals surface area contributed by atoms with Crippen molar-refractivity contribution < 1.29 is 4.79 Å². The highest BCUT2D eigenvalue weighted by Gasteiger charge is 2.15. The molecule has 3 aromatic carbocycles. The number of amides is 1. The van der Waals surface area contributed by atoms with Gasteiger partial charge < -0.3 is 9.88 Å². The molecule has 0 fully saturated rings. The first-order valence-electron chi connectivity index (χ1n) is 10.1. The number of hydrogen-bond donors (Lipinski definition) is 1. The van der Waals surface area contributed by atoms with Gasteiger partial charge in [-0.3, -0.25) is 4.79 Å². The second kappa shape index (κ2) is 9.72. The molecule has 4 aromatic rings. The Balaban J connectivity index is 1.70. The van der Waals surface area contributed by atoms with Gasteiger partial charge in [0.25, 0.3) is 5.91 Å². The Hall–Kier alpha value is -3.23. The van der Waals surface area contributed by atoms with Crippen LogP contribution in [0.25, 0.3) is 17.0 Å². The lowest BCUT2D eigenvalue weighted by Gasteiger charge is -2.08. The van der Waals surface area contributed by atoms with Gasteiger partial charge in [-0.25, -0.2) is 0 Å². The molecule has 7 heteroatoms. The number of rotatable bonds is 5. The van der Waals surface area contributed by atoms with E-state index in [4.69, 9.17) is 34.8 Å². The smallest absolute Gasteiger partial charge is 0.266 e. The van der Waals surface area contributed by atoms with Gasteiger partial charge in [-0.2, -0.15) is 5.26 Å². The average Bonchev–Trinajstić information content (AvgIpc) is 3.14. The summed E-state index contributed by atoms with van der Waals surface area (Å²) in [6, 6.07) is 20.4. The fourth-order valence-corrected chi connectivity index (χ4v) is 4.23. The van der Waals surface area contributed by atoms with Crippen LogP contribution in [0, 0.1) is 18.3 Å². The third kappa shape index (κ3) is 4.91. The Kier molecular flexibility index (Phi) is 6.76. The van der Waals surface area contributed by atoms with Crippen LogP contribution in [0.1, 0.15) is 16.7 Å². The number of nitriles is 1. The van der Waals surface area contributed by atoms with Crippen LogP contribution in [-0.4, -0.2) is 10.5 Å². The van der Waals surface area contributed by atoms with Crippen molar-refractivity contribution in [2.24, 2.45) is 0 Å². The summed E-state index contributed by atoms with van der Waals surface area (Å²) in [5, 5.41) is 15.1. The second-order valence-electron chi connectivity index (χ2n) is 7.50. The maximum atomic E-state index is 12.8. The predicted octanol–water partition coefficient (Wildman–Crippen LogP) is 7.50. The number of anilines is 1. The van der Waals surface area contributed by atoms with Crippen LogP contribution in [0.4, 0.5) is 5.69 Å². The van der Waals surface area contributed by atoms with Gasteiger partial charge in [-0.05, 0) is 54.5 Å². The van der Waals surface area contributed by atoms with Gasteiger partial charge in [0.15, 0.2) is 0 Å². The van der Waals surface area contributed by atoms with E-state index in [2.05, 4.69) is 5.32 Å². The Bertz CT molecular complexity index is 1450. The van der Waals surface area contributed by atoms with E-state index in [0.717, 1.165) is 27.6 Å². The molecule has 0 aliphatic carbocycles. The number of aromatic nitrogens is 1. The maximum Gasteiger partial charge on any atom is 0.266 e. The molecule has 0 bridgehead atoms. The number of carbonyl (C=O) groups is 1. The van der Waals surface area contributed by atoms with E-state index in [1.807, 2.05) is 54.1 Å². The van der Waals surface area contributed by atoms with E-state index in [1.54, 1.807) is 36.4 Å². The summed E-state index contributed by atoms with van der Waals surface area (Å²) in [7, 11) is 0. The lowest BCUT2D eigenvalue weighted by atomic mass is 10.1. The molecular formula is C26H18Cl3N3O. The molecule has 1 aromatic heterocycles. The van der Waals surface area contributed by atoms with Crippen molar-refractivity contribution in [1.29, 1.82) is 5.26 Å². The topological polar surface area (TPSA) is 57.8 Å². The minimum absolute atomic E-state index is 0.0122. The number of halogens is 3. The zero-order valence-corrected chi connectivity index (χ0v) is 19.8. The van der Waals surface area contributed by atoms with Crippen LogP contribution in [0.15, 0.2) is 72.4 Å². The first-order chi connectivity index (χ1) is 15.9. The summed E-state index contributed by atoms with van der Waals surface area (Å²) in [6.45, 7) is 2.32. The molecule has 1 amide bonds. The quantitative estimate of drug-likeness (QED) is 0.231. The van der Waals surface area contributed by atoms with Crippen LogP contribution >= 0.6 is 34.8 Å². The highest BCUT2D eigenvalue weighted by molar-refractivity contribution is 6.35. The summed E-state index contributed by atoms with van der Waals surface area (Å²) in [5.41, 5.74) is 3.91. The highest BCUT2D eigenvalue weighted by atomic mass is 35.5. The first kappa shape index (κ1) is 22.9. The summed E-state index contributed by atoms with van der Waals surface area (Å²) in [6.07, 6.45) is 3.50. The van der Waals surface area contributed by atoms with Gasteiger partial charge >= 0.3 is 0 Å². The summed E-state index contributed by atoms with van der Waals surface area (Å²) < 4.78 is 2.03. The Labute approximate surface area is 206 Å². The molecule has 0 spiro atoms. The van der Waals surface area contributed by atoms with E-state index in [9.17, 15) is 10.1 Å². The van der Waals surface area contributed by atoms with Crippen molar-refractivity contribution in [2.45, 2.75) is 13.5 Å². The van der Waals surface area contributed by atoms with Gasteiger partial charge in [0, 0.05) is 50.0 Å². The molecule has 1 N–H and O–H groups in total. The molecule has 4 nitrogen and oxygen atoms in total. The number of carbonyl (C=O) groups excluding carboxylic acids is 1. The fourth-order valence-electron chi connectivity index (χ4n) is 3.59. The number of fused-ring (bicyclic) bond motifs is 1. The van der Waals surface area contributed by atoms with E-state index in [-0.39, 0.29) is 5.57 Å². The molecule has 0 aliphatic rings. The Morgan fingerprint density at radius 2 is 1.85 bits per heavy atom. The summed E-state index contributed by atoms with van der Waals surface area (Å²) in [5.74, 6) is -0.500. The van der Waals surface area contributed by atoms with Gasteiger partial charge in [-0.1, -0.05) is 65.1 Å². The van der Waals surface area contributed by atoms with Gasteiger partial charge in [0.1, 0.15) is 11.6 Å². The molecule has 4 rings (SSSR count). The van der Waals surface area contributed by atoms with Crippen LogP contribution in [0.5, 0.6) is 0 Å². The first-order valence-corrected chi connectivity index (χ1v) is 11.2. The lowest BCUT2D eigenvalue weighted by molar-refractivity contribution is -0.112. The monoisotopic (exact) mass is 493 g/mol. The van der Waals surface area contributed by atoms with Crippen molar-refractivity contribution in [3.8, 4) is 6.07 Å². The number of benzene rings is 3. The predicted molar refractivity (Wildman–Crippen MR) is 136 cm³/mol.